The Kier molecular flexibility index (Phi) is 4.35. The van der Waals surface area contributed by atoms with E-state index < -0.39 is 5.97 Å². The fourth-order valence-corrected chi connectivity index (χ4v) is 3.50. The SMILES string of the molecule is COc1cccc(/C=C2\CCn3c2nc2cc(C(=O)O)ccc2c3=O)c1OC. The lowest BCUT2D eigenvalue weighted by atomic mass is 10.1. The molecule has 142 valence electrons. The number of carboxylic acid groups (broad SMARTS) is 1. The Bertz CT molecular complexity index is 1190. The average Bonchev–Trinajstić information content (AvgIpc) is 3.10. The number of hydrogen-bond acceptors (Lipinski definition) is 5. The molecule has 2 heterocycles. The lowest BCUT2D eigenvalue weighted by Crippen LogP contribution is -2.21. The zero-order valence-corrected chi connectivity index (χ0v) is 15.4. The number of allylic oxidation sites excluding steroid dienone is 1. The van der Waals surface area contributed by atoms with E-state index in [2.05, 4.69) is 4.98 Å². The molecule has 0 unspecified atom stereocenters. The minimum absolute atomic E-state index is 0.0994. The van der Waals surface area contributed by atoms with E-state index in [1.54, 1.807) is 18.8 Å². The second-order valence-electron chi connectivity index (χ2n) is 6.43. The van der Waals surface area contributed by atoms with Gasteiger partial charge >= 0.3 is 5.97 Å². The lowest BCUT2D eigenvalue weighted by molar-refractivity contribution is 0.0697. The molecule has 0 amide bonds. The Morgan fingerprint density at radius 2 is 2.04 bits per heavy atom. The van der Waals surface area contributed by atoms with Crippen LogP contribution >= 0.6 is 0 Å². The van der Waals surface area contributed by atoms with E-state index in [0.717, 1.165) is 11.1 Å². The van der Waals surface area contributed by atoms with Crippen LogP contribution in [0.2, 0.25) is 0 Å². The van der Waals surface area contributed by atoms with Crippen molar-refractivity contribution in [2.45, 2.75) is 13.0 Å². The second kappa shape index (κ2) is 6.84. The molecule has 1 aliphatic rings. The molecule has 0 aliphatic carbocycles. The van der Waals surface area contributed by atoms with Gasteiger partial charge in [0.1, 0.15) is 5.82 Å². The number of rotatable bonds is 4. The van der Waals surface area contributed by atoms with Crippen molar-refractivity contribution in [1.82, 2.24) is 9.55 Å². The van der Waals surface area contributed by atoms with Gasteiger partial charge in [0.25, 0.3) is 5.56 Å². The van der Waals surface area contributed by atoms with Crippen molar-refractivity contribution in [3.63, 3.8) is 0 Å². The maximum Gasteiger partial charge on any atom is 0.335 e. The first-order valence-corrected chi connectivity index (χ1v) is 8.73. The molecule has 4 rings (SSSR count). The Balaban J connectivity index is 1.89. The Morgan fingerprint density at radius 1 is 1.21 bits per heavy atom. The molecular formula is C21H18N2O5. The molecule has 28 heavy (non-hydrogen) atoms. The van der Waals surface area contributed by atoms with Gasteiger partial charge in [0.15, 0.2) is 11.5 Å². The molecule has 2 aromatic carbocycles. The Hall–Kier alpha value is -3.61. The predicted molar refractivity (Wildman–Crippen MR) is 105 cm³/mol. The van der Waals surface area contributed by atoms with Crippen LogP contribution in [0.5, 0.6) is 11.5 Å². The third kappa shape index (κ3) is 2.81. The third-order valence-electron chi connectivity index (χ3n) is 4.86. The molecule has 1 N–H and O–H groups in total. The fraction of sp³-hybridized carbons (Fsp3) is 0.190. The van der Waals surface area contributed by atoms with E-state index in [4.69, 9.17) is 9.47 Å². The summed E-state index contributed by atoms with van der Waals surface area (Å²) in [6.07, 6.45) is 2.57. The third-order valence-corrected chi connectivity index (χ3v) is 4.86. The van der Waals surface area contributed by atoms with Crippen molar-refractivity contribution in [3.05, 3.63) is 63.7 Å². The van der Waals surface area contributed by atoms with Gasteiger partial charge in [-0.2, -0.15) is 0 Å². The molecule has 7 nitrogen and oxygen atoms in total. The molecule has 0 saturated carbocycles. The fourth-order valence-electron chi connectivity index (χ4n) is 3.50. The van der Waals surface area contributed by atoms with Crippen LogP contribution in [0.3, 0.4) is 0 Å². The van der Waals surface area contributed by atoms with Crippen LogP contribution in [-0.2, 0) is 6.54 Å². The number of carboxylic acids is 1. The van der Waals surface area contributed by atoms with E-state index >= 15 is 0 Å². The molecule has 1 aromatic heterocycles. The van der Waals surface area contributed by atoms with E-state index in [1.807, 2.05) is 24.3 Å². The molecule has 3 aromatic rings. The first kappa shape index (κ1) is 17.8. The van der Waals surface area contributed by atoms with Crippen molar-refractivity contribution < 1.29 is 19.4 Å². The van der Waals surface area contributed by atoms with Crippen LogP contribution in [0.4, 0.5) is 0 Å². The summed E-state index contributed by atoms with van der Waals surface area (Å²) < 4.78 is 12.4. The highest BCUT2D eigenvalue weighted by Gasteiger charge is 2.22. The summed E-state index contributed by atoms with van der Waals surface area (Å²) in [7, 11) is 3.15. The predicted octanol–water partition coefficient (Wildman–Crippen LogP) is 3.06. The highest BCUT2D eigenvalue weighted by molar-refractivity contribution is 5.93. The normalized spacial score (nSPS) is 14.3. The van der Waals surface area contributed by atoms with Crippen LogP contribution in [0.15, 0.2) is 41.2 Å². The number of ether oxygens (including phenoxy) is 2. The molecule has 0 bridgehead atoms. The number of hydrogen-bond donors (Lipinski definition) is 1. The zero-order valence-electron chi connectivity index (χ0n) is 15.4. The largest absolute Gasteiger partial charge is 0.493 e. The van der Waals surface area contributed by atoms with Gasteiger partial charge in [-0.3, -0.25) is 9.36 Å². The van der Waals surface area contributed by atoms with Gasteiger partial charge in [0.05, 0.1) is 30.7 Å². The summed E-state index contributed by atoms with van der Waals surface area (Å²) >= 11 is 0. The van der Waals surface area contributed by atoms with E-state index in [0.29, 0.717) is 41.2 Å². The van der Waals surface area contributed by atoms with Crippen LogP contribution < -0.4 is 15.0 Å². The molecule has 0 spiro atoms. The number of benzene rings is 2. The quantitative estimate of drug-likeness (QED) is 0.750. The van der Waals surface area contributed by atoms with Gasteiger partial charge in [0, 0.05) is 12.1 Å². The molecule has 1 aliphatic heterocycles. The zero-order chi connectivity index (χ0) is 19.8. The van der Waals surface area contributed by atoms with Crippen molar-refractivity contribution in [2.75, 3.05) is 14.2 Å². The summed E-state index contributed by atoms with van der Waals surface area (Å²) in [4.78, 5) is 28.7. The minimum Gasteiger partial charge on any atom is -0.493 e. The van der Waals surface area contributed by atoms with Gasteiger partial charge in [-0.25, -0.2) is 9.78 Å². The first-order valence-electron chi connectivity index (χ1n) is 8.73. The van der Waals surface area contributed by atoms with E-state index in [9.17, 15) is 14.7 Å². The number of methoxy groups -OCH3 is 2. The molecule has 0 atom stereocenters. The monoisotopic (exact) mass is 378 g/mol. The summed E-state index contributed by atoms with van der Waals surface area (Å²) in [5, 5.41) is 9.62. The van der Waals surface area contributed by atoms with Crippen molar-refractivity contribution in [1.29, 1.82) is 0 Å². The number of nitrogens with zero attached hydrogens (tertiary/aromatic N) is 2. The minimum atomic E-state index is -1.05. The van der Waals surface area contributed by atoms with Crippen molar-refractivity contribution in [3.8, 4) is 11.5 Å². The number of fused-ring (bicyclic) bond motifs is 2. The summed E-state index contributed by atoms with van der Waals surface area (Å²) in [6, 6.07) is 9.96. The van der Waals surface area contributed by atoms with Crippen LogP contribution in [-0.4, -0.2) is 34.8 Å². The summed E-state index contributed by atoms with van der Waals surface area (Å²) in [5.74, 6) is 0.711. The Labute approximate surface area is 160 Å². The smallest absolute Gasteiger partial charge is 0.335 e. The molecular weight excluding hydrogens is 360 g/mol. The molecule has 0 fully saturated rings. The van der Waals surface area contributed by atoms with Crippen LogP contribution in [0, 0.1) is 0 Å². The van der Waals surface area contributed by atoms with Crippen molar-refractivity contribution >= 4 is 28.5 Å². The summed E-state index contributed by atoms with van der Waals surface area (Å²) in [6.45, 7) is 0.524. The maximum atomic E-state index is 12.8. The lowest BCUT2D eigenvalue weighted by Gasteiger charge is -2.11. The van der Waals surface area contributed by atoms with Crippen LogP contribution in [0.25, 0.3) is 22.6 Å². The molecule has 7 heteroatoms. The van der Waals surface area contributed by atoms with Crippen LogP contribution in [0.1, 0.15) is 28.2 Å². The van der Waals surface area contributed by atoms with Gasteiger partial charge in [-0.15, -0.1) is 0 Å². The number of aromatic nitrogens is 2. The molecule has 0 radical (unpaired) electrons. The van der Waals surface area contributed by atoms with Gasteiger partial charge in [-0.05, 0) is 42.3 Å². The number of carbonyl (C=O) groups is 1. The highest BCUT2D eigenvalue weighted by atomic mass is 16.5. The second-order valence-corrected chi connectivity index (χ2v) is 6.43. The van der Waals surface area contributed by atoms with E-state index in [1.165, 1.54) is 18.2 Å². The topological polar surface area (TPSA) is 90.7 Å². The van der Waals surface area contributed by atoms with Gasteiger partial charge in [-0.1, -0.05) is 12.1 Å². The van der Waals surface area contributed by atoms with Crippen molar-refractivity contribution in [2.24, 2.45) is 0 Å². The standard InChI is InChI=1S/C21H18N2O5/c1-27-17-5-3-4-12(18(17)28-2)10-13-8-9-23-19(13)22-16-11-14(21(25)26)6-7-15(16)20(23)24/h3-7,10-11H,8-9H2,1-2H3,(H,25,26)/b13-10+. The average molecular weight is 378 g/mol. The Morgan fingerprint density at radius 3 is 2.75 bits per heavy atom. The number of para-hydroxylation sites is 1. The van der Waals surface area contributed by atoms with E-state index in [-0.39, 0.29) is 11.1 Å². The molecule has 0 saturated heterocycles. The van der Waals surface area contributed by atoms with Gasteiger partial charge in [0.2, 0.25) is 0 Å². The first-order chi connectivity index (χ1) is 13.5. The highest BCUT2D eigenvalue weighted by Crippen LogP contribution is 2.35. The number of aromatic carboxylic acids is 1. The summed E-state index contributed by atoms with van der Waals surface area (Å²) in [5.41, 5.74) is 2.01. The van der Waals surface area contributed by atoms with Gasteiger partial charge < -0.3 is 14.6 Å². The maximum absolute atomic E-state index is 12.8.